The molecule has 1 aliphatic carbocycles. The monoisotopic (exact) mass is 224 g/mol. The summed E-state index contributed by atoms with van der Waals surface area (Å²) in [5.74, 6) is 1.64. The van der Waals surface area contributed by atoms with Crippen LogP contribution in [0.15, 0.2) is 0 Å². The molecule has 3 nitrogen and oxygen atoms in total. The van der Waals surface area contributed by atoms with Crippen LogP contribution in [0.2, 0.25) is 0 Å². The zero-order valence-electron chi connectivity index (χ0n) is 10.6. The predicted molar refractivity (Wildman–Crippen MR) is 65.4 cm³/mol. The molecule has 1 saturated heterocycles. The first-order valence-corrected chi connectivity index (χ1v) is 6.55. The molecule has 0 aromatic carbocycles. The summed E-state index contributed by atoms with van der Waals surface area (Å²) in [4.78, 5) is 16.3. The second-order valence-electron chi connectivity index (χ2n) is 5.69. The summed E-state index contributed by atoms with van der Waals surface area (Å²) < 4.78 is 0. The Morgan fingerprint density at radius 1 is 1.38 bits per heavy atom. The van der Waals surface area contributed by atoms with Crippen LogP contribution in [0.1, 0.15) is 25.7 Å². The van der Waals surface area contributed by atoms with Gasteiger partial charge in [-0.15, -0.1) is 0 Å². The number of carbonyl (C=O) groups excluding carboxylic acids is 1. The molecule has 2 fully saturated rings. The minimum atomic E-state index is 0.337. The van der Waals surface area contributed by atoms with Gasteiger partial charge in [-0.25, -0.2) is 0 Å². The number of hydrogen-bond donors (Lipinski definition) is 0. The highest BCUT2D eigenvalue weighted by Crippen LogP contribution is 2.23. The Morgan fingerprint density at radius 3 is 2.75 bits per heavy atom. The zero-order chi connectivity index (χ0) is 11.5. The molecule has 2 rings (SSSR count). The summed E-state index contributed by atoms with van der Waals surface area (Å²) in [6, 6.07) is 0. The average Bonchev–Trinajstić information content (AvgIpc) is 2.77. The van der Waals surface area contributed by atoms with Crippen molar-refractivity contribution < 1.29 is 4.79 Å². The van der Waals surface area contributed by atoms with Gasteiger partial charge in [-0.1, -0.05) is 0 Å². The van der Waals surface area contributed by atoms with E-state index in [9.17, 15) is 4.79 Å². The van der Waals surface area contributed by atoms with Crippen molar-refractivity contribution >= 4 is 5.78 Å². The highest BCUT2D eigenvalue weighted by Gasteiger charge is 2.27. The molecular weight excluding hydrogens is 200 g/mol. The lowest BCUT2D eigenvalue weighted by Gasteiger charge is -2.23. The second kappa shape index (κ2) is 5.28. The highest BCUT2D eigenvalue weighted by atomic mass is 16.1. The predicted octanol–water partition coefficient (Wildman–Crippen LogP) is 1.24. The molecule has 1 aliphatic heterocycles. The van der Waals surface area contributed by atoms with E-state index in [1.165, 1.54) is 19.5 Å². The van der Waals surface area contributed by atoms with Crippen LogP contribution in [0, 0.1) is 11.8 Å². The van der Waals surface area contributed by atoms with E-state index in [1.54, 1.807) is 0 Å². The minimum Gasteiger partial charge on any atom is -0.306 e. The maximum absolute atomic E-state index is 11.6. The first-order valence-electron chi connectivity index (χ1n) is 6.55. The third-order valence-corrected chi connectivity index (χ3v) is 4.02. The Bertz CT molecular complexity index is 254. The molecular formula is C13H24N2O. The van der Waals surface area contributed by atoms with Gasteiger partial charge in [-0.05, 0) is 45.8 Å². The van der Waals surface area contributed by atoms with Crippen LogP contribution in [0.3, 0.4) is 0 Å². The van der Waals surface area contributed by atoms with E-state index in [1.807, 2.05) is 0 Å². The maximum Gasteiger partial charge on any atom is 0.137 e. The van der Waals surface area contributed by atoms with Gasteiger partial charge in [-0.2, -0.15) is 0 Å². The fourth-order valence-corrected chi connectivity index (χ4v) is 3.15. The van der Waals surface area contributed by atoms with Crippen LogP contribution < -0.4 is 0 Å². The second-order valence-corrected chi connectivity index (χ2v) is 5.69. The summed E-state index contributed by atoms with van der Waals surface area (Å²) >= 11 is 0. The van der Waals surface area contributed by atoms with Crippen molar-refractivity contribution in [3.63, 3.8) is 0 Å². The Balaban J connectivity index is 1.71. The Hall–Kier alpha value is -0.410. The van der Waals surface area contributed by atoms with Crippen molar-refractivity contribution in [3.05, 3.63) is 0 Å². The molecule has 0 aromatic rings. The van der Waals surface area contributed by atoms with Crippen LogP contribution in [0.25, 0.3) is 0 Å². The molecule has 16 heavy (non-hydrogen) atoms. The van der Waals surface area contributed by atoms with Gasteiger partial charge in [0.15, 0.2) is 0 Å². The molecule has 2 unspecified atom stereocenters. The van der Waals surface area contributed by atoms with E-state index < -0.39 is 0 Å². The third-order valence-electron chi connectivity index (χ3n) is 4.02. The molecule has 2 aliphatic rings. The van der Waals surface area contributed by atoms with Crippen molar-refractivity contribution in [1.82, 2.24) is 9.80 Å². The molecule has 92 valence electrons. The lowest BCUT2D eigenvalue weighted by molar-refractivity contribution is -0.121. The van der Waals surface area contributed by atoms with Crippen molar-refractivity contribution in [2.75, 3.05) is 40.3 Å². The standard InChI is InChI=1S/C13H24N2O/c1-14-7-6-11(8-14)9-15(2)10-12-4-3-5-13(12)16/h11-12H,3-10H2,1-2H3. The summed E-state index contributed by atoms with van der Waals surface area (Å²) in [6.45, 7) is 4.61. The number of hydrogen-bond acceptors (Lipinski definition) is 3. The van der Waals surface area contributed by atoms with Gasteiger partial charge in [0.25, 0.3) is 0 Å². The molecule has 0 spiro atoms. The van der Waals surface area contributed by atoms with Crippen molar-refractivity contribution in [2.24, 2.45) is 11.8 Å². The number of ketones is 1. The Kier molecular flexibility index (Phi) is 3.98. The molecule has 0 N–H and O–H groups in total. The van der Waals surface area contributed by atoms with E-state index in [0.717, 1.165) is 38.3 Å². The third kappa shape index (κ3) is 3.05. The zero-order valence-corrected chi connectivity index (χ0v) is 10.6. The Morgan fingerprint density at radius 2 is 2.19 bits per heavy atom. The van der Waals surface area contributed by atoms with Crippen LogP contribution in [0.4, 0.5) is 0 Å². The molecule has 0 amide bonds. The summed E-state index contributed by atoms with van der Waals surface area (Å²) in [5.41, 5.74) is 0. The number of nitrogens with zero attached hydrogens (tertiary/aromatic N) is 2. The molecule has 1 saturated carbocycles. The normalized spacial score (nSPS) is 31.8. The molecule has 0 aromatic heterocycles. The lowest BCUT2D eigenvalue weighted by atomic mass is 10.0. The smallest absolute Gasteiger partial charge is 0.137 e. The van der Waals surface area contributed by atoms with Crippen LogP contribution in [0.5, 0.6) is 0 Å². The fraction of sp³-hybridized carbons (Fsp3) is 0.923. The van der Waals surface area contributed by atoms with Gasteiger partial charge in [0.2, 0.25) is 0 Å². The van der Waals surface area contributed by atoms with Gasteiger partial charge >= 0.3 is 0 Å². The number of likely N-dealkylation sites (tertiary alicyclic amines) is 1. The van der Waals surface area contributed by atoms with E-state index in [-0.39, 0.29) is 0 Å². The van der Waals surface area contributed by atoms with Crippen LogP contribution in [-0.2, 0) is 4.79 Å². The molecule has 1 heterocycles. The van der Waals surface area contributed by atoms with E-state index >= 15 is 0 Å². The van der Waals surface area contributed by atoms with E-state index in [0.29, 0.717) is 11.7 Å². The SMILES string of the molecule is CN1CCC(CN(C)CC2CCCC2=O)C1. The molecule has 3 heteroatoms. The van der Waals surface area contributed by atoms with Gasteiger partial charge in [-0.3, -0.25) is 4.79 Å². The number of rotatable bonds is 4. The number of carbonyl (C=O) groups is 1. The summed E-state index contributed by atoms with van der Waals surface area (Å²) in [5, 5.41) is 0. The molecule has 0 bridgehead atoms. The first kappa shape index (κ1) is 12.1. The van der Waals surface area contributed by atoms with Crippen molar-refractivity contribution in [1.29, 1.82) is 0 Å². The highest BCUT2D eigenvalue weighted by molar-refractivity contribution is 5.83. The lowest BCUT2D eigenvalue weighted by Crippen LogP contribution is -2.32. The Labute approximate surface area is 98.8 Å². The quantitative estimate of drug-likeness (QED) is 0.718. The van der Waals surface area contributed by atoms with Gasteiger partial charge < -0.3 is 9.80 Å². The van der Waals surface area contributed by atoms with Gasteiger partial charge in [0.05, 0.1) is 0 Å². The number of Topliss-reactive ketones (excluding diaryl/α,β-unsaturated/α-hetero) is 1. The first-order chi connectivity index (χ1) is 7.65. The summed E-state index contributed by atoms with van der Waals surface area (Å²) in [7, 11) is 4.37. The van der Waals surface area contributed by atoms with Crippen LogP contribution in [-0.4, -0.2) is 55.9 Å². The van der Waals surface area contributed by atoms with Crippen molar-refractivity contribution in [3.8, 4) is 0 Å². The van der Waals surface area contributed by atoms with Crippen LogP contribution >= 0.6 is 0 Å². The molecule has 0 radical (unpaired) electrons. The van der Waals surface area contributed by atoms with E-state index in [4.69, 9.17) is 0 Å². The topological polar surface area (TPSA) is 23.6 Å². The maximum atomic E-state index is 11.6. The van der Waals surface area contributed by atoms with Gasteiger partial charge in [0.1, 0.15) is 5.78 Å². The average molecular weight is 224 g/mol. The van der Waals surface area contributed by atoms with E-state index in [2.05, 4.69) is 23.9 Å². The van der Waals surface area contributed by atoms with Crippen molar-refractivity contribution in [2.45, 2.75) is 25.7 Å². The fourth-order valence-electron chi connectivity index (χ4n) is 3.15. The minimum absolute atomic E-state index is 0.337. The molecule has 2 atom stereocenters. The largest absolute Gasteiger partial charge is 0.306 e. The van der Waals surface area contributed by atoms with Gasteiger partial charge in [0, 0.05) is 32.0 Å². The summed E-state index contributed by atoms with van der Waals surface area (Å²) in [6.07, 6.45) is 4.38.